The molecule has 0 bridgehead atoms. The Labute approximate surface area is 78.7 Å². The van der Waals surface area contributed by atoms with Crippen molar-refractivity contribution in [1.82, 2.24) is 9.88 Å². The largest absolute Gasteiger partial charge is 0.475 e. The van der Waals surface area contributed by atoms with Crippen LogP contribution in [-0.2, 0) is 7.05 Å². The summed E-state index contributed by atoms with van der Waals surface area (Å²) >= 11 is 0. The zero-order chi connectivity index (χ0) is 9.10. The third-order valence-corrected chi connectivity index (χ3v) is 2.47. The fraction of sp³-hybridized carbons (Fsp3) is 0.600. The van der Waals surface area contributed by atoms with Crippen LogP contribution >= 0.6 is 0 Å². The van der Waals surface area contributed by atoms with Crippen LogP contribution in [0.1, 0.15) is 12.8 Å². The molecule has 0 amide bonds. The molecule has 1 aromatic heterocycles. The third kappa shape index (κ3) is 2.04. The normalized spacial score (nSPS) is 18.8. The molecule has 1 aliphatic heterocycles. The molecule has 1 aliphatic rings. The van der Waals surface area contributed by atoms with Crippen molar-refractivity contribution < 1.29 is 4.74 Å². The minimum Gasteiger partial charge on any atom is -0.475 e. The smallest absolute Gasteiger partial charge is 0.193 e. The summed E-state index contributed by atoms with van der Waals surface area (Å²) in [5.41, 5.74) is 0. The predicted molar refractivity (Wildman–Crippen MR) is 51.9 cm³/mol. The molecule has 3 nitrogen and oxygen atoms in total. The molecular formula is C10H16N2O. The first kappa shape index (κ1) is 8.63. The predicted octanol–water partition coefficient (Wildman–Crippen LogP) is 1.16. The summed E-state index contributed by atoms with van der Waals surface area (Å²) in [6.07, 6.45) is 4.64. The number of hydrogen-bond acceptors (Lipinski definition) is 2. The average Bonchev–Trinajstić information content (AvgIpc) is 2.54. The first-order valence-corrected chi connectivity index (χ1v) is 4.85. The lowest BCUT2D eigenvalue weighted by atomic mass is 10.1. The van der Waals surface area contributed by atoms with E-state index in [1.54, 1.807) is 0 Å². The minimum absolute atomic E-state index is 0.398. The van der Waals surface area contributed by atoms with Gasteiger partial charge in [-0.2, -0.15) is 0 Å². The van der Waals surface area contributed by atoms with Crippen LogP contribution in [0.5, 0.6) is 5.88 Å². The van der Waals surface area contributed by atoms with E-state index in [9.17, 15) is 0 Å². The van der Waals surface area contributed by atoms with Gasteiger partial charge in [0.05, 0.1) is 0 Å². The standard InChI is InChI=1S/C10H16N2O/c1-12-8-2-3-10(12)13-9-4-6-11-7-5-9/h2-3,8-9,11H,4-7H2,1H3. The van der Waals surface area contributed by atoms with Gasteiger partial charge in [-0.05, 0) is 38.1 Å². The van der Waals surface area contributed by atoms with Gasteiger partial charge >= 0.3 is 0 Å². The first-order chi connectivity index (χ1) is 6.36. The van der Waals surface area contributed by atoms with Crippen molar-refractivity contribution >= 4 is 0 Å². The Morgan fingerprint density at radius 1 is 1.46 bits per heavy atom. The quantitative estimate of drug-likeness (QED) is 0.739. The van der Waals surface area contributed by atoms with Crippen molar-refractivity contribution in [3.8, 4) is 5.88 Å². The van der Waals surface area contributed by atoms with E-state index >= 15 is 0 Å². The second kappa shape index (κ2) is 3.83. The fourth-order valence-corrected chi connectivity index (χ4v) is 1.65. The number of ether oxygens (including phenoxy) is 1. The highest BCUT2D eigenvalue weighted by Crippen LogP contribution is 2.15. The third-order valence-electron chi connectivity index (χ3n) is 2.47. The van der Waals surface area contributed by atoms with E-state index in [0.29, 0.717) is 6.10 Å². The van der Waals surface area contributed by atoms with E-state index in [4.69, 9.17) is 4.74 Å². The molecule has 2 rings (SSSR count). The fourth-order valence-electron chi connectivity index (χ4n) is 1.65. The summed E-state index contributed by atoms with van der Waals surface area (Å²) in [6, 6.07) is 4.03. The zero-order valence-corrected chi connectivity index (χ0v) is 7.99. The highest BCUT2D eigenvalue weighted by molar-refractivity contribution is 5.13. The van der Waals surface area contributed by atoms with Crippen molar-refractivity contribution in [2.75, 3.05) is 13.1 Å². The topological polar surface area (TPSA) is 26.2 Å². The Hall–Kier alpha value is -0.960. The minimum atomic E-state index is 0.398. The molecule has 2 heterocycles. The number of nitrogens with one attached hydrogen (secondary N) is 1. The van der Waals surface area contributed by atoms with Crippen molar-refractivity contribution in [3.05, 3.63) is 18.3 Å². The molecule has 1 N–H and O–H groups in total. The van der Waals surface area contributed by atoms with E-state index < -0.39 is 0 Å². The maximum absolute atomic E-state index is 5.85. The summed E-state index contributed by atoms with van der Waals surface area (Å²) in [7, 11) is 2.01. The van der Waals surface area contributed by atoms with Gasteiger partial charge in [0, 0.05) is 13.2 Å². The van der Waals surface area contributed by atoms with Crippen LogP contribution in [0.4, 0.5) is 0 Å². The SMILES string of the molecule is Cn1cccc1OC1CCNCC1. The number of aryl methyl sites for hydroxylation is 1. The molecule has 0 atom stereocenters. The van der Waals surface area contributed by atoms with E-state index in [1.807, 2.05) is 29.9 Å². The molecule has 0 unspecified atom stereocenters. The Bertz CT molecular complexity index is 264. The highest BCUT2D eigenvalue weighted by Gasteiger charge is 2.14. The highest BCUT2D eigenvalue weighted by atomic mass is 16.5. The van der Waals surface area contributed by atoms with Crippen molar-refractivity contribution in [2.45, 2.75) is 18.9 Å². The summed E-state index contributed by atoms with van der Waals surface area (Å²) in [5, 5.41) is 3.32. The van der Waals surface area contributed by atoms with E-state index in [0.717, 1.165) is 31.8 Å². The molecular weight excluding hydrogens is 164 g/mol. The monoisotopic (exact) mass is 180 g/mol. The molecule has 0 aliphatic carbocycles. The van der Waals surface area contributed by atoms with Crippen LogP contribution in [0.25, 0.3) is 0 Å². The second-order valence-electron chi connectivity index (χ2n) is 3.52. The Balaban J connectivity index is 1.93. The summed E-state index contributed by atoms with van der Waals surface area (Å²) in [5.74, 6) is 0.979. The Morgan fingerprint density at radius 3 is 2.85 bits per heavy atom. The van der Waals surface area contributed by atoms with Gasteiger partial charge in [-0.15, -0.1) is 0 Å². The number of hydrogen-bond donors (Lipinski definition) is 1. The van der Waals surface area contributed by atoms with Crippen molar-refractivity contribution in [3.63, 3.8) is 0 Å². The lowest BCUT2D eigenvalue weighted by Crippen LogP contribution is -2.34. The van der Waals surface area contributed by atoms with Gasteiger partial charge in [-0.1, -0.05) is 0 Å². The molecule has 1 aromatic rings. The molecule has 0 radical (unpaired) electrons. The van der Waals surface area contributed by atoms with Gasteiger partial charge in [0.1, 0.15) is 6.10 Å². The lowest BCUT2D eigenvalue weighted by Gasteiger charge is -2.23. The molecule has 0 aromatic carbocycles. The van der Waals surface area contributed by atoms with Gasteiger partial charge in [0.25, 0.3) is 0 Å². The van der Waals surface area contributed by atoms with Gasteiger partial charge in [0.15, 0.2) is 5.88 Å². The number of aromatic nitrogens is 1. The van der Waals surface area contributed by atoms with Crippen LogP contribution in [-0.4, -0.2) is 23.8 Å². The van der Waals surface area contributed by atoms with Crippen molar-refractivity contribution in [2.24, 2.45) is 7.05 Å². The lowest BCUT2D eigenvalue weighted by molar-refractivity contribution is 0.151. The van der Waals surface area contributed by atoms with Gasteiger partial charge in [0.2, 0.25) is 0 Å². The van der Waals surface area contributed by atoms with E-state index in [2.05, 4.69) is 5.32 Å². The molecule has 13 heavy (non-hydrogen) atoms. The maximum Gasteiger partial charge on any atom is 0.193 e. The number of rotatable bonds is 2. The van der Waals surface area contributed by atoms with E-state index in [-0.39, 0.29) is 0 Å². The average molecular weight is 180 g/mol. The summed E-state index contributed by atoms with van der Waals surface area (Å²) < 4.78 is 7.86. The molecule has 3 heteroatoms. The summed E-state index contributed by atoms with van der Waals surface area (Å²) in [4.78, 5) is 0. The van der Waals surface area contributed by atoms with Gasteiger partial charge < -0.3 is 14.6 Å². The Morgan fingerprint density at radius 2 is 2.23 bits per heavy atom. The molecule has 1 fully saturated rings. The van der Waals surface area contributed by atoms with Crippen LogP contribution in [0.3, 0.4) is 0 Å². The molecule has 0 spiro atoms. The van der Waals surface area contributed by atoms with Crippen molar-refractivity contribution in [1.29, 1.82) is 0 Å². The number of nitrogens with zero attached hydrogens (tertiary/aromatic N) is 1. The molecule has 0 saturated carbocycles. The second-order valence-corrected chi connectivity index (χ2v) is 3.52. The Kier molecular flexibility index (Phi) is 2.54. The van der Waals surface area contributed by atoms with Crippen LogP contribution < -0.4 is 10.1 Å². The van der Waals surface area contributed by atoms with Crippen LogP contribution in [0.2, 0.25) is 0 Å². The molecule has 1 saturated heterocycles. The summed E-state index contributed by atoms with van der Waals surface area (Å²) in [6.45, 7) is 2.16. The van der Waals surface area contributed by atoms with E-state index in [1.165, 1.54) is 0 Å². The maximum atomic E-state index is 5.85. The van der Waals surface area contributed by atoms with Crippen LogP contribution in [0, 0.1) is 0 Å². The van der Waals surface area contributed by atoms with Gasteiger partial charge in [-0.3, -0.25) is 0 Å². The zero-order valence-electron chi connectivity index (χ0n) is 7.99. The number of piperidine rings is 1. The molecule has 72 valence electrons. The van der Waals surface area contributed by atoms with Gasteiger partial charge in [-0.25, -0.2) is 0 Å². The first-order valence-electron chi connectivity index (χ1n) is 4.85. The van der Waals surface area contributed by atoms with Crippen LogP contribution in [0.15, 0.2) is 18.3 Å².